The molecule has 0 saturated heterocycles. The Bertz CT molecular complexity index is 528. The molecule has 1 fully saturated rings. The molecule has 6 nitrogen and oxygen atoms in total. The van der Waals surface area contributed by atoms with E-state index in [1.165, 1.54) is 25.1 Å². The van der Waals surface area contributed by atoms with Crippen LogP contribution < -0.4 is 10.5 Å². The highest BCUT2D eigenvalue weighted by atomic mass is 32.2. The van der Waals surface area contributed by atoms with Crippen LogP contribution in [0.2, 0.25) is 0 Å². The number of anilines is 1. The summed E-state index contributed by atoms with van der Waals surface area (Å²) < 4.78 is 26.6. The molecule has 1 aliphatic carbocycles. The largest absolute Gasteiger partial charge is 0.396 e. The number of likely N-dealkylation sites (N-methyl/N-ethyl adjacent to an activating group) is 1. The molecule has 0 radical (unpaired) electrons. The Balaban J connectivity index is 1.92. The van der Waals surface area contributed by atoms with Gasteiger partial charge in [-0.1, -0.05) is 6.92 Å². The second-order valence-corrected chi connectivity index (χ2v) is 6.34. The lowest BCUT2D eigenvalue weighted by molar-refractivity contribution is 0.282. The van der Waals surface area contributed by atoms with E-state index in [1.54, 1.807) is 6.07 Å². The minimum Gasteiger partial charge on any atom is -0.396 e. The zero-order chi connectivity index (χ0) is 13.9. The number of aromatic nitrogens is 1. The van der Waals surface area contributed by atoms with E-state index in [4.69, 9.17) is 5.73 Å². The Morgan fingerprint density at radius 1 is 1.53 bits per heavy atom. The number of hydrogen-bond acceptors (Lipinski definition) is 5. The fourth-order valence-electron chi connectivity index (χ4n) is 2.06. The molecule has 0 unspecified atom stereocenters. The molecule has 7 heteroatoms. The van der Waals surface area contributed by atoms with Crippen molar-refractivity contribution in [3.05, 3.63) is 18.3 Å². The fraction of sp³-hybridized carbons (Fsp3) is 0.583. The molecule has 0 aromatic carbocycles. The van der Waals surface area contributed by atoms with Crippen molar-refractivity contribution in [2.24, 2.45) is 0 Å². The van der Waals surface area contributed by atoms with Crippen molar-refractivity contribution in [3.8, 4) is 0 Å². The van der Waals surface area contributed by atoms with Crippen LogP contribution >= 0.6 is 0 Å². The molecule has 0 aliphatic heterocycles. The average Bonchev–Trinajstić information content (AvgIpc) is 3.19. The van der Waals surface area contributed by atoms with E-state index < -0.39 is 10.0 Å². The van der Waals surface area contributed by atoms with Gasteiger partial charge in [-0.3, -0.25) is 4.90 Å². The van der Waals surface area contributed by atoms with Gasteiger partial charge in [-0.2, -0.15) is 0 Å². The summed E-state index contributed by atoms with van der Waals surface area (Å²) in [6, 6.07) is 3.78. The van der Waals surface area contributed by atoms with Crippen LogP contribution in [0.1, 0.15) is 19.8 Å². The van der Waals surface area contributed by atoms with Gasteiger partial charge in [-0.25, -0.2) is 18.1 Å². The number of nitrogens with zero attached hydrogens (tertiary/aromatic N) is 2. The van der Waals surface area contributed by atoms with E-state index >= 15 is 0 Å². The second-order valence-electron chi connectivity index (χ2n) is 4.66. The fourth-order valence-corrected chi connectivity index (χ4v) is 3.13. The smallest absolute Gasteiger partial charge is 0.260 e. The summed E-state index contributed by atoms with van der Waals surface area (Å²) in [5.41, 5.74) is 5.80. The Kier molecular flexibility index (Phi) is 4.38. The topological polar surface area (TPSA) is 88.3 Å². The van der Waals surface area contributed by atoms with Crippen molar-refractivity contribution in [2.45, 2.75) is 30.8 Å². The highest BCUT2D eigenvalue weighted by Crippen LogP contribution is 2.25. The number of rotatable bonds is 7. The molecule has 1 saturated carbocycles. The molecular weight excluding hydrogens is 264 g/mol. The summed E-state index contributed by atoms with van der Waals surface area (Å²) >= 11 is 0. The van der Waals surface area contributed by atoms with E-state index in [2.05, 4.69) is 21.5 Å². The number of nitrogens with one attached hydrogen (secondary N) is 1. The molecule has 1 heterocycles. The lowest BCUT2D eigenvalue weighted by Gasteiger charge is -2.19. The number of hydrogen-bond donors (Lipinski definition) is 2. The molecule has 1 aromatic rings. The molecule has 106 valence electrons. The van der Waals surface area contributed by atoms with Gasteiger partial charge in [-0.15, -0.1) is 0 Å². The molecule has 1 aliphatic rings. The third-order valence-corrected chi connectivity index (χ3v) is 4.65. The summed E-state index contributed by atoms with van der Waals surface area (Å²) in [6.45, 7) is 4.12. The van der Waals surface area contributed by atoms with Crippen molar-refractivity contribution in [3.63, 3.8) is 0 Å². The predicted molar refractivity (Wildman–Crippen MR) is 74.1 cm³/mol. The molecule has 1 aromatic heterocycles. The van der Waals surface area contributed by atoms with Crippen LogP contribution in [-0.2, 0) is 10.0 Å². The SMILES string of the molecule is CCN(CCNS(=O)(=O)c1ncccc1N)C1CC1. The molecule has 0 bridgehead atoms. The van der Waals surface area contributed by atoms with Crippen LogP contribution in [0.5, 0.6) is 0 Å². The first-order valence-electron chi connectivity index (χ1n) is 6.49. The van der Waals surface area contributed by atoms with Gasteiger partial charge in [0.2, 0.25) is 0 Å². The quantitative estimate of drug-likeness (QED) is 0.758. The highest BCUT2D eigenvalue weighted by Gasteiger charge is 2.27. The minimum atomic E-state index is -3.61. The van der Waals surface area contributed by atoms with Crippen molar-refractivity contribution >= 4 is 15.7 Å². The second kappa shape index (κ2) is 5.85. The van der Waals surface area contributed by atoms with Crippen LogP contribution in [-0.4, -0.2) is 44.0 Å². The van der Waals surface area contributed by atoms with Gasteiger partial charge in [0.25, 0.3) is 10.0 Å². The van der Waals surface area contributed by atoms with Crippen molar-refractivity contribution < 1.29 is 8.42 Å². The Morgan fingerprint density at radius 2 is 2.26 bits per heavy atom. The highest BCUT2D eigenvalue weighted by molar-refractivity contribution is 7.89. The lowest BCUT2D eigenvalue weighted by atomic mass is 10.4. The van der Waals surface area contributed by atoms with E-state index in [-0.39, 0.29) is 10.7 Å². The minimum absolute atomic E-state index is 0.0931. The molecule has 19 heavy (non-hydrogen) atoms. The van der Waals surface area contributed by atoms with Gasteiger partial charge in [0.1, 0.15) is 0 Å². The first-order valence-corrected chi connectivity index (χ1v) is 7.97. The summed E-state index contributed by atoms with van der Waals surface area (Å²) in [5.74, 6) is 0. The van der Waals surface area contributed by atoms with Gasteiger partial charge < -0.3 is 5.73 Å². The van der Waals surface area contributed by atoms with E-state index in [0.717, 1.165) is 6.54 Å². The van der Waals surface area contributed by atoms with Gasteiger partial charge in [0, 0.05) is 25.3 Å². The molecule has 0 atom stereocenters. The third kappa shape index (κ3) is 3.65. The maximum absolute atomic E-state index is 12.0. The molecule has 2 rings (SSSR count). The summed E-state index contributed by atoms with van der Waals surface area (Å²) in [6.07, 6.45) is 3.86. The average molecular weight is 284 g/mol. The normalized spacial score (nSPS) is 15.9. The molecule has 3 N–H and O–H groups in total. The monoisotopic (exact) mass is 284 g/mol. The molecule has 0 spiro atoms. The van der Waals surface area contributed by atoms with Gasteiger partial charge >= 0.3 is 0 Å². The number of pyridine rings is 1. The van der Waals surface area contributed by atoms with Crippen LogP contribution in [0.25, 0.3) is 0 Å². The van der Waals surface area contributed by atoms with Crippen molar-refractivity contribution in [2.75, 3.05) is 25.4 Å². The predicted octanol–water partition coefficient (Wildman–Crippen LogP) is 0.426. The van der Waals surface area contributed by atoms with E-state index in [1.807, 2.05) is 0 Å². The van der Waals surface area contributed by atoms with Gasteiger partial charge in [0.05, 0.1) is 5.69 Å². The zero-order valence-corrected chi connectivity index (χ0v) is 11.9. The summed E-state index contributed by atoms with van der Waals surface area (Å²) in [7, 11) is -3.61. The summed E-state index contributed by atoms with van der Waals surface area (Å²) in [5, 5.41) is -0.0931. The standard InChI is InChI=1S/C12H20N4O2S/c1-2-16(10-5-6-10)9-8-15-19(17,18)12-11(13)4-3-7-14-12/h3-4,7,10,15H,2,5-6,8-9,13H2,1H3. The number of nitrogens with two attached hydrogens (primary N) is 1. The molecule has 0 amide bonds. The Morgan fingerprint density at radius 3 is 2.84 bits per heavy atom. The van der Waals surface area contributed by atoms with Crippen LogP contribution in [0.3, 0.4) is 0 Å². The Labute approximate surface area is 114 Å². The van der Waals surface area contributed by atoms with Gasteiger partial charge in [-0.05, 0) is 31.5 Å². The zero-order valence-electron chi connectivity index (χ0n) is 11.0. The first-order chi connectivity index (χ1) is 9.04. The lowest BCUT2D eigenvalue weighted by Crippen LogP contribution is -2.36. The van der Waals surface area contributed by atoms with Gasteiger partial charge in [0.15, 0.2) is 5.03 Å². The van der Waals surface area contributed by atoms with Crippen molar-refractivity contribution in [1.29, 1.82) is 0 Å². The first kappa shape index (κ1) is 14.2. The van der Waals surface area contributed by atoms with Crippen LogP contribution in [0.4, 0.5) is 5.69 Å². The molecular formula is C12H20N4O2S. The maximum Gasteiger partial charge on any atom is 0.260 e. The van der Waals surface area contributed by atoms with Crippen molar-refractivity contribution in [1.82, 2.24) is 14.6 Å². The van der Waals surface area contributed by atoms with E-state index in [0.29, 0.717) is 19.1 Å². The van der Waals surface area contributed by atoms with Crippen LogP contribution in [0, 0.1) is 0 Å². The maximum atomic E-state index is 12.0. The number of sulfonamides is 1. The summed E-state index contributed by atoms with van der Waals surface area (Å²) in [4.78, 5) is 6.11. The Hall–Kier alpha value is -1.18. The van der Waals surface area contributed by atoms with Crippen LogP contribution in [0.15, 0.2) is 23.4 Å². The third-order valence-electron chi connectivity index (χ3n) is 3.22. The number of nitrogen functional groups attached to an aromatic ring is 1. The van der Waals surface area contributed by atoms with E-state index in [9.17, 15) is 8.42 Å².